The standard InChI is InChI=1S/C21H26N4O4/c1-28-12-17(27)23-10-15-19(14-6-4-3-5-7-14)21(15)13-25(11-16(21)26)20-22-9-8-18(24-20)29-2/h3-9,15-16,19,26H,10-13H2,1-2H3,(H,23,27)/t15-,16-,19-,21-/m1/s1. The molecule has 1 aliphatic carbocycles. The Morgan fingerprint density at radius 2 is 2.10 bits per heavy atom. The van der Waals surface area contributed by atoms with E-state index in [1.54, 1.807) is 19.4 Å². The molecule has 2 aromatic rings. The van der Waals surface area contributed by atoms with Gasteiger partial charge in [0.25, 0.3) is 0 Å². The summed E-state index contributed by atoms with van der Waals surface area (Å²) in [7, 11) is 3.06. The van der Waals surface area contributed by atoms with Gasteiger partial charge in [-0.25, -0.2) is 4.98 Å². The van der Waals surface area contributed by atoms with E-state index < -0.39 is 6.10 Å². The average Bonchev–Trinajstić information content (AvgIpc) is 3.27. The van der Waals surface area contributed by atoms with Gasteiger partial charge in [0.1, 0.15) is 6.61 Å². The minimum absolute atomic E-state index is 0.0298. The quantitative estimate of drug-likeness (QED) is 0.713. The first-order valence-corrected chi connectivity index (χ1v) is 9.70. The number of aliphatic hydroxyl groups is 1. The van der Waals surface area contributed by atoms with E-state index >= 15 is 0 Å². The summed E-state index contributed by atoms with van der Waals surface area (Å²) >= 11 is 0. The molecule has 0 bridgehead atoms. The Balaban J connectivity index is 1.57. The summed E-state index contributed by atoms with van der Waals surface area (Å²) in [6, 6.07) is 11.9. The molecule has 2 N–H and O–H groups in total. The first-order chi connectivity index (χ1) is 14.1. The van der Waals surface area contributed by atoms with Crippen molar-refractivity contribution in [1.82, 2.24) is 15.3 Å². The Morgan fingerprint density at radius 3 is 2.83 bits per heavy atom. The van der Waals surface area contributed by atoms with Crippen LogP contribution >= 0.6 is 0 Å². The normalized spacial score (nSPS) is 27.8. The molecule has 0 unspecified atom stereocenters. The first kappa shape index (κ1) is 19.6. The molecular weight excluding hydrogens is 372 g/mol. The maximum Gasteiger partial charge on any atom is 0.245 e. The Hall–Kier alpha value is -2.71. The van der Waals surface area contributed by atoms with Crippen molar-refractivity contribution >= 4 is 11.9 Å². The van der Waals surface area contributed by atoms with Gasteiger partial charge in [-0.1, -0.05) is 30.3 Å². The number of anilines is 1. The zero-order valence-electron chi connectivity index (χ0n) is 16.6. The Morgan fingerprint density at radius 1 is 1.31 bits per heavy atom. The van der Waals surface area contributed by atoms with E-state index in [0.717, 1.165) is 0 Å². The molecule has 29 heavy (non-hydrogen) atoms. The number of amides is 1. The third kappa shape index (κ3) is 3.54. The van der Waals surface area contributed by atoms with Gasteiger partial charge in [-0.05, 0) is 17.4 Å². The fourth-order valence-corrected chi connectivity index (χ4v) is 4.76. The molecule has 0 radical (unpaired) electrons. The second-order valence-corrected chi connectivity index (χ2v) is 7.64. The molecule has 1 aliphatic heterocycles. The van der Waals surface area contributed by atoms with Crippen LogP contribution in [0.4, 0.5) is 5.95 Å². The van der Waals surface area contributed by atoms with Gasteiger partial charge in [0, 0.05) is 44.4 Å². The molecular formula is C21H26N4O4. The van der Waals surface area contributed by atoms with Crippen molar-refractivity contribution in [2.45, 2.75) is 12.0 Å². The van der Waals surface area contributed by atoms with Crippen LogP contribution in [0.1, 0.15) is 11.5 Å². The molecule has 2 fully saturated rings. The van der Waals surface area contributed by atoms with Crippen molar-refractivity contribution in [3.63, 3.8) is 0 Å². The Labute approximate surface area is 169 Å². The van der Waals surface area contributed by atoms with Crippen LogP contribution in [0.25, 0.3) is 0 Å². The monoisotopic (exact) mass is 398 g/mol. The van der Waals surface area contributed by atoms with E-state index in [-0.39, 0.29) is 29.8 Å². The van der Waals surface area contributed by atoms with E-state index in [4.69, 9.17) is 9.47 Å². The molecule has 154 valence electrons. The maximum absolute atomic E-state index is 11.9. The first-order valence-electron chi connectivity index (χ1n) is 9.70. The molecule has 1 amide bonds. The molecule has 1 aromatic carbocycles. The second kappa shape index (κ2) is 7.96. The zero-order valence-corrected chi connectivity index (χ0v) is 16.6. The highest BCUT2D eigenvalue weighted by Crippen LogP contribution is 2.68. The summed E-state index contributed by atoms with van der Waals surface area (Å²) < 4.78 is 10.1. The van der Waals surface area contributed by atoms with Crippen LogP contribution in [0.3, 0.4) is 0 Å². The topological polar surface area (TPSA) is 96.8 Å². The van der Waals surface area contributed by atoms with Crippen LogP contribution in [0, 0.1) is 11.3 Å². The van der Waals surface area contributed by atoms with E-state index in [9.17, 15) is 9.90 Å². The summed E-state index contributed by atoms with van der Waals surface area (Å²) in [6.45, 7) is 1.58. The summed E-state index contributed by atoms with van der Waals surface area (Å²) in [5, 5.41) is 14.0. The summed E-state index contributed by atoms with van der Waals surface area (Å²) in [5.41, 5.74) is 0.819. The number of hydrogen-bond acceptors (Lipinski definition) is 7. The van der Waals surface area contributed by atoms with E-state index in [1.165, 1.54) is 12.7 Å². The lowest BCUT2D eigenvalue weighted by atomic mass is 9.95. The fourth-order valence-electron chi connectivity index (χ4n) is 4.76. The van der Waals surface area contributed by atoms with Crippen LogP contribution in [0.15, 0.2) is 42.6 Å². The number of carbonyl (C=O) groups is 1. The number of aromatic nitrogens is 2. The molecule has 4 atom stereocenters. The van der Waals surface area contributed by atoms with Crippen molar-refractivity contribution in [2.24, 2.45) is 11.3 Å². The molecule has 1 saturated heterocycles. The lowest BCUT2D eigenvalue weighted by Gasteiger charge is -2.17. The van der Waals surface area contributed by atoms with Crippen LogP contribution in [0.5, 0.6) is 5.88 Å². The van der Waals surface area contributed by atoms with Crippen molar-refractivity contribution in [3.05, 3.63) is 48.2 Å². The summed E-state index contributed by atoms with van der Waals surface area (Å²) in [6.07, 6.45) is 1.11. The zero-order chi connectivity index (χ0) is 20.4. The van der Waals surface area contributed by atoms with Crippen LogP contribution < -0.4 is 15.0 Å². The fraction of sp³-hybridized carbons (Fsp3) is 0.476. The molecule has 1 spiro atoms. The van der Waals surface area contributed by atoms with Crippen molar-refractivity contribution in [3.8, 4) is 5.88 Å². The van der Waals surface area contributed by atoms with Crippen molar-refractivity contribution in [1.29, 1.82) is 0 Å². The van der Waals surface area contributed by atoms with Crippen LogP contribution in [0.2, 0.25) is 0 Å². The largest absolute Gasteiger partial charge is 0.481 e. The van der Waals surface area contributed by atoms with Crippen LogP contribution in [-0.4, -0.2) is 67.5 Å². The highest BCUT2D eigenvalue weighted by atomic mass is 16.5. The molecule has 1 aromatic heterocycles. The molecule has 2 heterocycles. The number of ether oxygens (including phenoxy) is 2. The Kier molecular flexibility index (Phi) is 5.38. The third-order valence-electron chi connectivity index (χ3n) is 6.10. The lowest BCUT2D eigenvalue weighted by molar-refractivity contribution is -0.124. The van der Waals surface area contributed by atoms with Crippen molar-refractivity contribution in [2.75, 3.05) is 45.4 Å². The number of hydrogen-bond donors (Lipinski definition) is 2. The van der Waals surface area contributed by atoms with Gasteiger partial charge in [-0.2, -0.15) is 4.98 Å². The van der Waals surface area contributed by atoms with E-state index in [1.807, 2.05) is 23.1 Å². The maximum atomic E-state index is 11.9. The highest BCUT2D eigenvalue weighted by Gasteiger charge is 2.71. The van der Waals surface area contributed by atoms with Gasteiger partial charge in [-0.3, -0.25) is 4.79 Å². The lowest BCUT2D eigenvalue weighted by Crippen LogP contribution is -2.32. The second-order valence-electron chi connectivity index (χ2n) is 7.64. The van der Waals surface area contributed by atoms with Gasteiger partial charge < -0.3 is 24.8 Å². The molecule has 2 aliphatic rings. The van der Waals surface area contributed by atoms with Crippen LogP contribution in [-0.2, 0) is 9.53 Å². The third-order valence-corrected chi connectivity index (χ3v) is 6.10. The summed E-state index contributed by atoms with van der Waals surface area (Å²) in [4.78, 5) is 22.7. The van der Waals surface area contributed by atoms with Gasteiger partial charge in [0.15, 0.2) is 0 Å². The Bertz CT molecular complexity index is 865. The summed E-state index contributed by atoms with van der Waals surface area (Å²) in [5.74, 6) is 1.15. The smallest absolute Gasteiger partial charge is 0.245 e. The number of β-amino-alcohol motifs (C(OH)–C–C–N with tert-alkyl or cyclic N) is 1. The molecule has 4 rings (SSSR count). The van der Waals surface area contributed by atoms with E-state index in [2.05, 4.69) is 27.4 Å². The number of aliphatic hydroxyl groups excluding tert-OH is 1. The molecule has 8 nitrogen and oxygen atoms in total. The number of nitrogens with one attached hydrogen (secondary N) is 1. The number of benzene rings is 1. The molecule has 1 saturated carbocycles. The number of nitrogens with zero attached hydrogens (tertiary/aromatic N) is 3. The minimum atomic E-state index is -0.549. The minimum Gasteiger partial charge on any atom is -0.481 e. The SMILES string of the molecule is COCC(=O)NC[C@@H]1[C@@H](c2ccccc2)[C@]12CN(c1nccc(OC)n1)C[C@H]2O. The number of methoxy groups -OCH3 is 2. The highest BCUT2D eigenvalue weighted by molar-refractivity contribution is 5.77. The molecule has 8 heteroatoms. The number of rotatable bonds is 7. The van der Waals surface area contributed by atoms with Gasteiger partial charge in [0.05, 0.1) is 13.2 Å². The van der Waals surface area contributed by atoms with Gasteiger partial charge in [-0.15, -0.1) is 0 Å². The van der Waals surface area contributed by atoms with E-state index in [0.29, 0.717) is 31.5 Å². The predicted octanol–water partition coefficient (Wildman–Crippen LogP) is 0.829. The van der Waals surface area contributed by atoms with Crippen molar-refractivity contribution < 1.29 is 19.4 Å². The average molecular weight is 398 g/mol. The predicted molar refractivity (Wildman–Crippen MR) is 107 cm³/mol. The van der Waals surface area contributed by atoms with Gasteiger partial charge in [0.2, 0.25) is 17.7 Å². The number of carbonyl (C=O) groups excluding carboxylic acids is 1. The van der Waals surface area contributed by atoms with Gasteiger partial charge >= 0.3 is 0 Å².